The Morgan fingerprint density at radius 1 is 1.36 bits per heavy atom. The SMILES string of the molecule is Cc1cc(CO)nc(N2CCCC2)n1. The number of aromatic nitrogens is 2. The second-order valence-corrected chi connectivity index (χ2v) is 3.65. The van der Waals surface area contributed by atoms with Gasteiger partial charge in [0.15, 0.2) is 0 Å². The van der Waals surface area contributed by atoms with Crippen molar-refractivity contribution < 1.29 is 5.11 Å². The van der Waals surface area contributed by atoms with Crippen molar-refractivity contribution in [3.63, 3.8) is 0 Å². The number of aliphatic hydroxyl groups excluding tert-OH is 1. The molecule has 1 aliphatic heterocycles. The minimum atomic E-state index is -0.00972. The van der Waals surface area contributed by atoms with E-state index in [-0.39, 0.29) is 6.61 Å². The molecule has 0 amide bonds. The maximum Gasteiger partial charge on any atom is 0.225 e. The van der Waals surface area contributed by atoms with Crippen molar-refractivity contribution >= 4 is 5.95 Å². The Bertz CT molecular complexity index is 321. The highest BCUT2D eigenvalue weighted by Gasteiger charge is 2.15. The molecule has 1 saturated heterocycles. The molecule has 0 spiro atoms. The molecular weight excluding hydrogens is 178 g/mol. The van der Waals surface area contributed by atoms with Gasteiger partial charge in [0.25, 0.3) is 0 Å². The van der Waals surface area contributed by atoms with Gasteiger partial charge >= 0.3 is 0 Å². The van der Waals surface area contributed by atoms with Crippen molar-refractivity contribution in [3.8, 4) is 0 Å². The monoisotopic (exact) mass is 193 g/mol. The molecule has 0 aromatic carbocycles. The van der Waals surface area contributed by atoms with Crippen LogP contribution in [0.3, 0.4) is 0 Å². The summed E-state index contributed by atoms with van der Waals surface area (Å²) in [4.78, 5) is 10.8. The molecule has 1 aliphatic rings. The van der Waals surface area contributed by atoms with Gasteiger partial charge < -0.3 is 10.0 Å². The Kier molecular flexibility index (Phi) is 2.63. The lowest BCUT2D eigenvalue weighted by molar-refractivity contribution is 0.276. The highest BCUT2D eigenvalue weighted by Crippen LogP contribution is 2.16. The van der Waals surface area contributed by atoms with Crippen LogP contribution in [0.5, 0.6) is 0 Å². The van der Waals surface area contributed by atoms with Gasteiger partial charge in [-0.1, -0.05) is 0 Å². The van der Waals surface area contributed by atoms with Gasteiger partial charge in [0, 0.05) is 18.8 Å². The van der Waals surface area contributed by atoms with Crippen molar-refractivity contribution in [1.29, 1.82) is 0 Å². The highest BCUT2D eigenvalue weighted by molar-refractivity contribution is 5.33. The van der Waals surface area contributed by atoms with E-state index in [1.807, 2.05) is 13.0 Å². The quantitative estimate of drug-likeness (QED) is 0.757. The van der Waals surface area contributed by atoms with Crippen LogP contribution in [0, 0.1) is 6.92 Å². The first-order chi connectivity index (χ1) is 6.79. The van der Waals surface area contributed by atoms with E-state index in [0.29, 0.717) is 5.69 Å². The van der Waals surface area contributed by atoms with E-state index in [0.717, 1.165) is 24.7 Å². The van der Waals surface area contributed by atoms with Crippen LogP contribution < -0.4 is 4.90 Å². The Morgan fingerprint density at radius 3 is 2.71 bits per heavy atom. The summed E-state index contributed by atoms with van der Waals surface area (Å²) in [6, 6.07) is 1.82. The molecule has 4 heteroatoms. The summed E-state index contributed by atoms with van der Waals surface area (Å²) in [6.07, 6.45) is 2.43. The number of hydrogen-bond donors (Lipinski definition) is 1. The lowest BCUT2D eigenvalue weighted by Crippen LogP contribution is -2.21. The summed E-state index contributed by atoms with van der Waals surface area (Å²) < 4.78 is 0. The highest BCUT2D eigenvalue weighted by atomic mass is 16.3. The molecule has 0 aliphatic carbocycles. The largest absolute Gasteiger partial charge is 0.390 e. The van der Waals surface area contributed by atoms with Crippen molar-refractivity contribution in [2.24, 2.45) is 0 Å². The molecule has 0 saturated carbocycles. The van der Waals surface area contributed by atoms with E-state index >= 15 is 0 Å². The molecule has 2 heterocycles. The standard InChI is InChI=1S/C10H15N3O/c1-8-6-9(7-14)12-10(11-8)13-4-2-3-5-13/h6,14H,2-5,7H2,1H3. The minimum absolute atomic E-state index is 0.00972. The number of nitrogens with zero attached hydrogens (tertiary/aromatic N) is 3. The van der Waals surface area contributed by atoms with Gasteiger partial charge in [-0.2, -0.15) is 0 Å². The van der Waals surface area contributed by atoms with Gasteiger partial charge in [-0.15, -0.1) is 0 Å². The van der Waals surface area contributed by atoms with E-state index in [1.165, 1.54) is 12.8 Å². The zero-order valence-corrected chi connectivity index (χ0v) is 8.40. The number of anilines is 1. The van der Waals surface area contributed by atoms with E-state index in [2.05, 4.69) is 14.9 Å². The Morgan fingerprint density at radius 2 is 2.07 bits per heavy atom. The summed E-state index contributed by atoms with van der Waals surface area (Å²) in [7, 11) is 0. The molecule has 2 rings (SSSR count). The van der Waals surface area contributed by atoms with E-state index < -0.39 is 0 Å². The smallest absolute Gasteiger partial charge is 0.225 e. The molecule has 1 fully saturated rings. The molecule has 14 heavy (non-hydrogen) atoms. The topological polar surface area (TPSA) is 49.3 Å². The van der Waals surface area contributed by atoms with Gasteiger partial charge in [-0.25, -0.2) is 9.97 Å². The third-order valence-electron chi connectivity index (χ3n) is 2.45. The molecule has 0 radical (unpaired) electrons. The second-order valence-electron chi connectivity index (χ2n) is 3.65. The van der Waals surface area contributed by atoms with Crippen LogP contribution in [0.15, 0.2) is 6.07 Å². The lowest BCUT2D eigenvalue weighted by Gasteiger charge is -2.15. The van der Waals surface area contributed by atoms with Crippen LogP contribution >= 0.6 is 0 Å². The molecular formula is C10H15N3O. The van der Waals surface area contributed by atoms with Gasteiger partial charge in [-0.05, 0) is 25.8 Å². The molecule has 76 valence electrons. The van der Waals surface area contributed by atoms with Crippen molar-refractivity contribution in [3.05, 3.63) is 17.5 Å². The second kappa shape index (κ2) is 3.92. The fourth-order valence-corrected chi connectivity index (χ4v) is 1.76. The molecule has 0 unspecified atom stereocenters. The van der Waals surface area contributed by atoms with Gasteiger partial charge in [0.1, 0.15) is 0 Å². The first-order valence-electron chi connectivity index (χ1n) is 5.00. The Labute approximate surface area is 83.6 Å². The van der Waals surface area contributed by atoms with Crippen LogP contribution in [0.1, 0.15) is 24.2 Å². The van der Waals surface area contributed by atoms with Crippen molar-refractivity contribution in [2.75, 3.05) is 18.0 Å². The molecule has 4 nitrogen and oxygen atoms in total. The zero-order chi connectivity index (χ0) is 9.97. The molecule has 0 atom stereocenters. The first-order valence-corrected chi connectivity index (χ1v) is 5.00. The molecule has 1 aromatic rings. The normalized spacial score (nSPS) is 16.3. The summed E-state index contributed by atoms with van der Waals surface area (Å²) in [5, 5.41) is 9.02. The number of aryl methyl sites for hydroxylation is 1. The minimum Gasteiger partial charge on any atom is -0.390 e. The van der Waals surface area contributed by atoms with Gasteiger partial charge in [0.05, 0.1) is 12.3 Å². The zero-order valence-electron chi connectivity index (χ0n) is 8.40. The summed E-state index contributed by atoms with van der Waals surface area (Å²) in [5.74, 6) is 0.770. The molecule has 0 bridgehead atoms. The third-order valence-corrected chi connectivity index (χ3v) is 2.45. The number of rotatable bonds is 2. The Hall–Kier alpha value is -1.16. The van der Waals surface area contributed by atoms with Crippen LogP contribution in [0.4, 0.5) is 5.95 Å². The van der Waals surface area contributed by atoms with Crippen LogP contribution in [-0.2, 0) is 6.61 Å². The Balaban J connectivity index is 2.27. The predicted molar refractivity (Wildman–Crippen MR) is 54.1 cm³/mol. The predicted octanol–water partition coefficient (Wildman–Crippen LogP) is 0.878. The van der Waals surface area contributed by atoms with Gasteiger partial charge in [-0.3, -0.25) is 0 Å². The van der Waals surface area contributed by atoms with E-state index in [1.54, 1.807) is 0 Å². The fourth-order valence-electron chi connectivity index (χ4n) is 1.76. The first kappa shape index (κ1) is 9.40. The van der Waals surface area contributed by atoms with E-state index in [4.69, 9.17) is 5.11 Å². The number of aliphatic hydroxyl groups is 1. The number of hydrogen-bond acceptors (Lipinski definition) is 4. The summed E-state index contributed by atoms with van der Waals surface area (Å²) in [6.45, 7) is 3.99. The average molecular weight is 193 g/mol. The lowest BCUT2D eigenvalue weighted by atomic mass is 10.3. The maximum absolute atomic E-state index is 9.02. The summed E-state index contributed by atoms with van der Waals surface area (Å²) in [5.41, 5.74) is 1.63. The van der Waals surface area contributed by atoms with Crippen LogP contribution in [0.2, 0.25) is 0 Å². The third kappa shape index (κ3) is 1.85. The summed E-state index contributed by atoms with van der Waals surface area (Å²) >= 11 is 0. The van der Waals surface area contributed by atoms with Crippen molar-refractivity contribution in [1.82, 2.24) is 9.97 Å². The van der Waals surface area contributed by atoms with Crippen LogP contribution in [-0.4, -0.2) is 28.2 Å². The van der Waals surface area contributed by atoms with Gasteiger partial charge in [0.2, 0.25) is 5.95 Å². The average Bonchev–Trinajstić information content (AvgIpc) is 2.69. The van der Waals surface area contributed by atoms with Crippen LogP contribution in [0.25, 0.3) is 0 Å². The molecule has 1 aromatic heterocycles. The molecule has 1 N–H and O–H groups in total. The fraction of sp³-hybridized carbons (Fsp3) is 0.600. The van der Waals surface area contributed by atoms with Crippen molar-refractivity contribution in [2.45, 2.75) is 26.4 Å². The van der Waals surface area contributed by atoms with E-state index in [9.17, 15) is 0 Å². The maximum atomic E-state index is 9.02.